The van der Waals surface area contributed by atoms with E-state index in [0.29, 0.717) is 37.1 Å². The van der Waals surface area contributed by atoms with Crippen LogP contribution < -0.4 is 10.1 Å². The molecule has 0 saturated carbocycles. The van der Waals surface area contributed by atoms with E-state index in [4.69, 9.17) is 4.74 Å². The van der Waals surface area contributed by atoms with Crippen molar-refractivity contribution in [3.8, 4) is 11.8 Å². The molecular formula is C25H19Br2N3O4. The standard InChI is InChI=1S/C25H19Br2N3O4/c1-15-3-6-20(9-16(15)2)29-24(31)14-34-25-22(26)11-17(12-23(25)27)10-19(13-28)18-4-7-21(8-5-18)30(32)33/h3-12H,14H2,1-2H3,(H,29,31)/b19-10+. The Morgan fingerprint density at radius 1 is 1.09 bits per heavy atom. The van der Waals surface area contributed by atoms with Crippen molar-refractivity contribution in [3.63, 3.8) is 0 Å². The third kappa shape index (κ3) is 6.31. The molecule has 0 aliphatic heterocycles. The molecule has 0 fully saturated rings. The number of halogens is 2. The molecule has 0 atom stereocenters. The highest BCUT2D eigenvalue weighted by Gasteiger charge is 2.13. The zero-order valence-corrected chi connectivity index (χ0v) is 21.4. The van der Waals surface area contributed by atoms with Gasteiger partial charge in [-0.15, -0.1) is 0 Å². The first kappa shape index (κ1) is 25.1. The summed E-state index contributed by atoms with van der Waals surface area (Å²) in [7, 11) is 0. The monoisotopic (exact) mass is 583 g/mol. The van der Waals surface area contributed by atoms with Gasteiger partial charge in [0.2, 0.25) is 0 Å². The van der Waals surface area contributed by atoms with Crippen LogP contribution in [0.2, 0.25) is 0 Å². The smallest absolute Gasteiger partial charge is 0.269 e. The van der Waals surface area contributed by atoms with E-state index in [-0.39, 0.29) is 18.2 Å². The fourth-order valence-corrected chi connectivity index (χ4v) is 4.51. The maximum absolute atomic E-state index is 12.3. The van der Waals surface area contributed by atoms with E-state index in [1.54, 1.807) is 18.2 Å². The number of nitriles is 1. The lowest BCUT2D eigenvalue weighted by Gasteiger charge is -2.12. The van der Waals surface area contributed by atoms with Crippen molar-refractivity contribution in [1.82, 2.24) is 0 Å². The first-order valence-electron chi connectivity index (χ1n) is 10.0. The Kier molecular flexibility index (Phi) is 8.21. The molecule has 0 radical (unpaired) electrons. The number of rotatable bonds is 7. The number of amides is 1. The summed E-state index contributed by atoms with van der Waals surface area (Å²) in [6.07, 6.45) is 1.66. The number of hydrogen-bond acceptors (Lipinski definition) is 5. The number of hydrogen-bond donors (Lipinski definition) is 1. The molecule has 0 unspecified atom stereocenters. The Morgan fingerprint density at radius 2 is 1.74 bits per heavy atom. The molecule has 0 spiro atoms. The second-order valence-electron chi connectivity index (χ2n) is 7.42. The SMILES string of the molecule is Cc1ccc(NC(=O)COc2c(Br)cc(/C=C(\C#N)c3ccc([N+](=O)[O-])cc3)cc2Br)cc1C. The molecule has 34 heavy (non-hydrogen) atoms. The summed E-state index contributed by atoms with van der Waals surface area (Å²) in [5, 5.41) is 23.2. The Balaban J connectivity index is 1.73. The van der Waals surface area contributed by atoms with Crippen LogP contribution in [0.5, 0.6) is 5.75 Å². The number of ether oxygens (including phenoxy) is 1. The minimum Gasteiger partial charge on any atom is -0.481 e. The minimum absolute atomic E-state index is 0.0467. The Bertz CT molecular complexity index is 1310. The molecule has 7 nitrogen and oxygen atoms in total. The zero-order chi connectivity index (χ0) is 24.8. The Hall–Kier alpha value is -3.48. The molecule has 9 heteroatoms. The summed E-state index contributed by atoms with van der Waals surface area (Å²) in [5.41, 5.74) is 4.47. The van der Waals surface area contributed by atoms with Crippen molar-refractivity contribution >= 4 is 60.8 Å². The second-order valence-corrected chi connectivity index (χ2v) is 9.13. The van der Waals surface area contributed by atoms with E-state index in [0.717, 1.165) is 11.1 Å². The summed E-state index contributed by atoms with van der Waals surface area (Å²) < 4.78 is 6.89. The van der Waals surface area contributed by atoms with Crippen molar-refractivity contribution < 1.29 is 14.5 Å². The summed E-state index contributed by atoms with van der Waals surface area (Å²) in [6, 6.07) is 17.1. The molecule has 0 aliphatic rings. The van der Waals surface area contributed by atoms with Gasteiger partial charge in [0.25, 0.3) is 11.6 Å². The lowest BCUT2D eigenvalue weighted by molar-refractivity contribution is -0.384. The van der Waals surface area contributed by atoms with E-state index in [9.17, 15) is 20.2 Å². The lowest BCUT2D eigenvalue weighted by atomic mass is 10.0. The van der Waals surface area contributed by atoms with E-state index in [1.165, 1.54) is 24.3 Å². The van der Waals surface area contributed by atoms with Crippen LogP contribution in [0.4, 0.5) is 11.4 Å². The minimum atomic E-state index is -0.491. The van der Waals surface area contributed by atoms with E-state index in [2.05, 4.69) is 43.2 Å². The molecule has 3 aromatic rings. The molecular weight excluding hydrogens is 566 g/mol. The normalized spacial score (nSPS) is 11.0. The average molecular weight is 585 g/mol. The van der Waals surface area contributed by atoms with Crippen molar-refractivity contribution in [2.45, 2.75) is 13.8 Å². The lowest BCUT2D eigenvalue weighted by Crippen LogP contribution is -2.20. The average Bonchev–Trinajstić information content (AvgIpc) is 2.79. The zero-order valence-electron chi connectivity index (χ0n) is 18.3. The van der Waals surface area contributed by atoms with Crippen molar-refractivity contribution in [2.75, 3.05) is 11.9 Å². The maximum Gasteiger partial charge on any atom is 0.269 e. The van der Waals surface area contributed by atoms with Gasteiger partial charge < -0.3 is 10.1 Å². The third-order valence-corrected chi connectivity index (χ3v) is 6.16. The van der Waals surface area contributed by atoms with Gasteiger partial charge in [0.15, 0.2) is 6.61 Å². The van der Waals surface area contributed by atoms with Gasteiger partial charge in [-0.2, -0.15) is 5.26 Å². The van der Waals surface area contributed by atoms with Gasteiger partial charge in [0, 0.05) is 17.8 Å². The molecule has 3 rings (SSSR count). The number of carbonyl (C=O) groups excluding carboxylic acids is 1. The van der Waals surface area contributed by atoms with Gasteiger partial charge >= 0.3 is 0 Å². The van der Waals surface area contributed by atoms with Gasteiger partial charge in [-0.25, -0.2) is 0 Å². The molecule has 0 aliphatic carbocycles. The molecule has 172 valence electrons. The number of nitrogens with zero attached hydrogens (tertiary/aromatic N) is 2. The highest BCUT2D eigenvalue weighted by atomic mass is 79.9. The highest BCUT2D eigenvalue weighted by Crippen LogP contribution is 2.36. The van der Waals surface area contributed by atoms with Crippen LogP contribution in [0, 0.1) is 35.3 Å². The van der Waals surface area contributed by atoms with Gasteiger partial charge in [-0.05, 0) is 110 Å². The predicted octanol–water partition coefficient (Wildman–Crippen LogP) is 6.82. The van der Waals surface area contributed by atoms with Crippen LogP contribution in [-0.4, -0.2) is 17.4 Å². The quantitative estimate of drug-likeness (QED) is 0.142. The molecule has 0 heterocycles. The summed E-state index contributed by atoms with van der Waals surface area (Å²) in [4.78, 5) is 22.7. The van der Waals surface area contributed by atoms with E-state index >= 15 is 0 Å². The fourth-order valence-electron chi connectivity index (χ4n) is 3.06. The van der Waals surface area contributed by atoms with Gasteiger partial charge in [-0.1, -0.05) is 6.07 Å². The second kappa shape index (κ2) is 11.1. The van der Waals surface area contributed by atoms with Gasteiger partial charge in [0.1, 0.15) is 5.75 Å². The maximum atomic E-state index is 12.3. The number of non-ortho nitro benzene ring substituents is 1. The number of aryl methyl sites for hydroxylation is 2. The first-order chi connectivity index (χ1) is 16.2. The predicted molar refractivity (Wildman–Crippen MR) is 138 cm³/mol. The Labute approximate surface area is 213 Å². The van der Waals surface area contributed by atoms with Crippen molar-refractivity contribution in [2.24, 2.45) is 0 Å². The highest BCUT2D eigenvalue weighted by molar-refractivity contribution is 9.11. The summed E-state index contributed by atoms with van der Waals surface area (Å²) in [6.45, 7) is 3.79. The van der Waals surface area contributed by atoms with Crippen LogP contribution in [0.1, 0.15) is 22.3 Å². The van der Waals surface area contributed by atoms with Gasteiger partial charge in [-0.3, -0.25) is 14.9 Å². The topological polar surface area (TPSA) is 105 Å². The number of carbonyl (C=O) groups is 1. The molecule has 0 aromatic heterocycles. The van der Waals surface area contributed by atoms with E-state index in [1.807, 2.05) is 32.0 Å². The van der Waals surface area contributed by atoms with Crippen LogP contribution in [0.15, 0.2) is 63.5 Å². The number of nitro benzene ring substituents is 1. The number of benzene rings is 3. The number of nitro groups is 1. The number of allylic oxidation sites excluding steroid dienone is 1. The summed E-state index contributed by atoms with van der Waals surface area (Å²) >= 11 is 6.90. The number of anilines is 1. The molecule has 0 bridgehead atoms. The molecule has 0 saturated heterocycles. The summed E-state index contributed by atoms with van der Waals surface area (Å²) in [5.74, 6) is 0.150. The molecule has 1 N–H and O–H groups in total. The third-order valence-electron chi connectivity index (χ3n) is 4.98. The van der Waals surface area contributed by atoms with Crippen LogP contribution in [0.3, 0.4) is 0 Å². The number of nitrogens with one attached hydrogen (secondary N) is 1. The largest absolute Gasteiger partial charge is 0.481 e. The fraction of sp³-hybridized carbons (Fsp3) is 0.120. The van der Waals surface area contributed by atoms with Crippen LogP contribution in [0.25, 0.3) is 11.6 Å². The van der Waals surface area contributed by atoms with Crippen LogP contribution in [-0.2, 0) is 4.79 Å². The van der Waals surface area contributed by atoms with Crippen molar-refractivity contribution in [1.29, 1.82) is 5.26 Å². The molecule has 3 aromatic carbocycles. The first-order valence-corrected chi connectivity index (χ1v) is 11.6. The van der Waals surface area contributed by atoms with Gasteiger partial charge in [0.05, 0.1) is 25.5 Å². The van der Waals surface area contributed by atoms with Crippen molar-refractivity contribution in [3.05, 3.63) is 95.9 Å². The van der Waals surface area contributed by atoms with E-state index < -0.39 is 4.92 Å². The van der Waals surface area contributed by atoms with Crippen LogP contribution >= 0.6 is 31.9 Å². The Morgan fingerprint density at radius 3 is 2.29 bits per heavy atom. The molecule has 1 amide bonds.